The molecule has 3 heterocycles. The van der Waals surface area contributed by atoms with Crippen molar-refractivity contribution < 1.29 is 9.90 Å². The number of hydrogen-bond acceptors (Lipinski definition) is 6. The van der Waals surface area contributed by atoms with Gasteiger partial charge < -0.3 is 10.4 Å². The molecule has 2 N–H and O–H groups in total. The molecule has 5 rings (SSSR count). The largest absolute Gasteiger partial charge is 0.476 e. The first-order valence-corrected chi connectivity index (χ1v) is 10.8. The number of anilines is 1. The number of nitrogens with zero attached hydrogens (tertiary/aromatic N) is 4. The topological polar surface area (TPSA) is 110 Å². The highest BCUT2D eigenvalue weighted by Crippen LogP contribution is 2.46. The molecule has 8 nitrogen and oxygen atoms in total. The van der Waals surface area contributed by atoms with Gasteiger partial charge in [-0.15, -0.1) is 5.10 Å². The maximum atomic E-state index is 13.4. The fraction of sp³-hybridized carbons (Fsp3) is 0.435. The fourth-order valence-electron chi connectivity index (χ4n) is 5.33. The molecule has 1 saturated carbocycles. The number of benzene rings is 1. The number of aryl methyl sites for hydroxylation is 1. The number of carboxylic acids is 1. The maximum Gasteiger partial charge on any atom is 0.358 e. The first-order chi connectivity index (χ1) is 14.9. The second kappa shape index (κ2) is 7.14. The predicted octanol–water partition coefficient (Wildman–Crippen LogP) is 3.58. The minimum Gasteiger partial charge on any atom is -0.476 e. The molecule has 1 aliphatic heterocycles. The fourth-order valence-corrected chi connectivity index (χ4v) is 5.33. The molecular weight excluding hydrogens is 394 g/mol. The smallest absolute Gasteiger partial charge is 0.358 e. The zero-order valence-corrected chi connectivity index (χ0v) is 17.7. The molecule has 0 saturated heterocycles. The van der Waals surface area contributed by atoms with Crippen LogP contribution in [0.5, 0.6) is 0 Å². The van der Waals surface area contributed by atoms with Crippen LogP contribution in [-0.4, -0.2) is 30.8 Å². The lowest BCUT2D eigenvalue weighted by Crippen LogP contribution is -2.27. The van der Waals surface area contributed by atoms with E-state index in [1.165, 1.54) is 19.0 Å². The molecule has 1 spiro atoms. The quantitative estimate of drug-likeness (QED) is 0.665. The van der Waals surface area contributed by atoms with E-state index in [1.54, 1.807) is 6.07 Å². The van der Waals surface area contributed by atoms with Crippen LogP contribution in [0.1, 0.15) is 72.5 Å². The predicted molar refractivity (Wildman–Crippen MR) is 117 cm³/mol. The van der Waals surface area contributed by atoms with Gasteiger partial charge in [-0.1, -0.05) is 18.9 Å². The highest BCUT2D eigenvalue weighted by molar-refractivity contribution is 5.92. The van der Waals surface area contributed by atoms with E-state index in [2.05, 4.69) is 15.5 Å². The van der Waals surface area contributed by atoms with E-state index in [9.17, 15) is 14.7 Å². The molecule has 160 valence electrons. The van der Waals surface area contributed by atoms with Crippen LogP contribution in [0.2, 0.25) is 0 Å². The molecular formula is C23H25N5O3. The number of carboxylic acid groups (broad SMARTS) is 1. The molecule has 2 aliphatic rings. The Balaban J connectivity index is 1.65. The van der Waals surface area contributed by atoms with Gasteiger partial charge >= 0.3 is 5.97 Å². The lowest BCUT2D eigenvalue weighted by atomic mass is 9.84. The number of fused-ring (bicyclic) bond motifs is 3. The zero-order valence-electron chi connectivity index (χ0n) is 17.7. The van der Waals surface area contributed by atoms with Crippen LogP contribution in [0.25, 0.3) is 10.9 Å². The summed E-state index contributed by atoms with van der Waals surface area (Å²) >= 11 is 0. The first-order valence-electron chi connectivity index (χ1n) is 10.8. The molecule has 0 amide bonds. The Morgan fingerprint density at radius 3 is 2.77 bits per heavy atom. The highest BCUT2D eigenvalue weighted by Gasteiger charge is 2.43. The van der Waals surface area contributed by atoms with Gasteiger partial charge in [0.1, 0.15) is 5.82 Å². The standard InChI is InChI=1S/C23H25N5O3/c1-13-11-15(14(2)25-17-5-9-24-27-19(17)21(30)31)18-16(12-13)20(29)28-10-8-23(22(28)26-18)6-3-4-7-23/h5,9,11-12,14H,3-4,6-8,10H2,1-2H3,(H,24,25)(H,30,31)/t14-/m1/s1. The van der Waals surface area contributed by atoms with E-state index in [4.69, 9.17) is 4.98 Å². The third kappa shape index (κ3) is 3.08. The van der Waals surface area contributed by atoms with Crippen molar-refractivity contribution >= 4 is 22.6 Å². The van der Waals surface area contributed by atoms with Crippen molar-refractivity contribution in [3.8, 4) is 0 Å². The molecule has 1 aliphatic carbocycles. The average molecular weight is 419 g/mol. The third-order valence-electron chi connectivity index (χ3n) is 6.84. The molecule has 0 unspecified atom stereocenters. The number of aromatic carboxylic acids is 1. The van der Waals surface area contributed by atoms with Gasteiger partial charge in [0.2, 0.25) is 0 Å². The normalized spacial score (nSPS) is 17.7. The Labute approximate surface area is 179 Å². The number of hydrogen-bond donors (Lipinski definition) is 2. The SMILES string of the molecule is Cc1cc([C@@H](C)Nc2ccnnc2C(=O)O)c2nc3n(c(=O)c2c1)CCC31CCCC1. The van der Waals surface area contributed by atoms with E-state index in [1.807, 2.05) is 30.5 Å². The van der Waals surface area contributed by atoms with Crippen molar-refractivity contribution in [3.63, 3.8) is 0 Å². The van der Waals surface area contributed by atoms with Gasteiger partial charge in [0.25, 0.3) is 5.56 Å². The summed E-state index contributed by atoms with van der Waals surface area (Å²) in [4.78, 5) is 30.0. The third-order valence-corrected chi connectivity index (χ3v) is 6.84. The van der Waals surface area contributed by atoms with Gasteiger partial charge in [0.15, 0.2) is 5.69 Å². The van der Waals surface area contributed by atoms with Crippen LogP contribution in [-0.2, 0) is 12.0 Å². The summed E-state index contributed by atoms with van der Waals surface area (Å²) in [6, 6.07) is 5.25. The summed E-state index contributed by atoms with van der Waals surface area (Å²) in [6.07, 6.45) is 6.98. The summed E-state index contributed by atoms with van der Waals surface area (Å²) < 4.78 is 1.88. The van der Waals surface area contributed by atoms with Crippen LogP contribution in [0.3, 0.4) is 0 Å². The van der Waals surface area contributed by atoms with Gasteiger partial charge in [0.05, 0.1) is 28.8 Å². The summed E-state index contributed by atoms with van der Waals surface area (Å²) in [5, 5.41) is 20.7. The van der Waals surface area contributed by atoms with Gasteiger partial charge in [0, 0.05) is 17.5 Å². The number of rotatable bonds is 4. The average Bonchev–Trinajstić information content (AvgIpc) is 3.37. The Bertz CT molecular complexity index is 1260. The minimum atomic E-state index is -1.14. The van der Waals surface area contributed by atoms with Crippen LogP contribution in [0, 0.1) is 6.92 Å². The Morgan fingerprint density at radius 1 is 1.26 bits per heavy atom. The molecule has 31 heavy (non-hydrogen) atoms. The van der Waals surface area contributed by atoms with Gasteiger partial charge in [-0.05, 0) is 50.8 Å². The zero-order chi connectivity index (χ0) is 21.8. The molecule has 0 radical (unpaired) electrons. The van der Waals surface area contributed by atoms with Gasteiger partial charge in [-0.2, -0.15) is 5.10 Å². The summed E-state index contributed by atoms with van der Waals surface area (Å²) in [6.45, 7) is 4.64. The van der Waals surface area contributed by atoms with Crippen LogP contribution in [0.4, 0.5) is 5.69 Å². The second-order valence-electron chi connectivity index (χ2n) is 8.84. The van der Waals surface area contributed by atoms with E-state index in [0.29, 0.717) is 16.6 Å². The minimum absolute atomic E-state index is 0.0255. The molecule has 1 fully saturated rings. The van der Waals surface area contributed by atoms with E-state index < -0.39 is 5.97 Å². The van der Waals surface area contributed by atoms with E-state index in [0.717, 1.165) is 42.8 Å². The van der Waals surface area contributed by atoms with E-state index >= 15 is 0 Å². The number of aromatic nitrogens is 4. The molecule has 1 atom stereocenters. The maximum absolute atomic E-state index is 13.4. The molecule has 0 bridgehead atoms. The highest BCUT2D eigenvalue weighted by atomic mass is 16.4. The number of carbonyl (C=O) groups is 1. The van der Waals surface area contributed by atoms with Crippen molar-refractivity contribution in [2.45, 2.75) is 64.0 Å². The Kier molecular flexibility index (Phi) is 4.53. The summed E-state index contributed by atoms with van der Waals surface area (Å²) in [5.74, 6) is -0.217. The Hall–Kier alpha value is -3.29. The van der Waals surface area contributed by atoms with Crippen molar-refractivity contribution in [1.29, 1.82) is 0 Å². The van der Waals surface area contributed by atoms with Gasteiger partial charge in [-0.25, -0.2) is 9.78 Å². The van der Waals surface area contributed by atoms with Crippen molar-refractivity contribution in [2.75, 3.05) is 5.32 Å². The van der Waals surface area contributed by atoms with Crippen LogP contribution < -0.4 is 10.9 Å². The second-order valence-corrected chi connectivity index (χ2v) is 8.84. The first kappa shape index (κ1) is 19.7. The Morgan fingerprint density at radius 2 is 2.03 bits per heavy atom. The number of nitrogens with one attached hydrogen (secondary N) is 1. The molecule has 2 aromatic heterocycles. The van der Waals surface area contributed by atoms with Crippen LogP contribution >= 0.6 is 0 Å². The van der Waals surface area contributed by atoms with Crippen molar-refractivity contribution in [2.24, 2.45) is 0 Å². The monoisotopic (exact) mass is 419 g/mol. The lowest BCUT2D eigenvalue weighted by Gasteiger charge is -2.23. The van der Waals surface area contributed by atoms with Crippen LogP contribution in [0.15, 0.2) is 29.2 Å². The molecule has 1 aromatic carbocycles. The van der Waals surface area contributed by atoms with Crippen molar-refractivity contribution in [3.05, 3.63) is 57.4 Å². The molecule has 8 heteroatoms. The molecule has 3 aromatic rings. The summed E-state index contributed by atoms with van der Waals surface area (Å²) in [5.41, 5.74) is 2.85. The van der Waals surface area contributed by atoms with Crippen molar-refractivity contribution in [1.82, 2.24) is 19.7 Å². The van der Waals surface area contributed by atoms with E-state index in [-0.39, 0.29) is 22.7 Å². The van der Waals surface area contributed by atoms with Gasteiger partial charge in [-0.3, -0.25) is 9.36 Å². The lowest BCUT2D eigenvalue weighted by molar-refractivity contribution is 0.0690. The summed E-state index contributed by atoms with van der Waals surface area (Å²) in [7, 11) is 0.